The molecular weight excluding hydrogens is 266 g/mol. The Morgan fingerprint density at radius 1 is 1.05 bits per heavy atom. The molecular formula is C17H25NO3. The largest absolute Gasteiger partial charge is 0.481 e. The van der Waals surface area contributed by atoms with Crippen molar-refractivity contribution in [2.75, 3.05) is 13.1 Å². The third-order valence-corrected chi connectivity index (χ3v) is 6.58. The Morgan fingerprint density at radius 3 is 2.10 bits per heavy atom. The molecule has 4 bridgehead atoms. The SMILES string of the molecule is O=C(O)C1CCN(C(=O)CC23CC4CC(CC(C4)C2)C3)C1. The maximum absolute atomic E-state index is 12.6. The van der Waals surface area contributed by atoms with E-state index in [1.54, 1.807) is 0 Å². The van der Waals surface area contributed by atoms with Crippen LogP contribution in [0.3, 0.4) is 0 Å². The van der Waals surface area contributed by atoms with Crippen LogP contribution in [0.15, 0.2) is 0 Å². The Labute approximate surface area is 125 Å². The van der Waals surface area contributed by atoms with Crippen LogP contribution in [-0.4, -0.2) is 35.0 Å². The molecule has 5 rings (SSSR count). The van der Waals surface area contributed by atoms with Gasteiger partial charge < -0.3 is 10.0 Å². The molecule has 0 radical (unpaired) electrons. The van der Waals surface area contributed by atoms with Crippen LogP contribution in [0.5, 0.6) is 0 Å². The lowest BCUT2D eigenvalue weighted by atomic mass is 9.49. The fraction of sp³-hybridized carbons (Fsp3) is 0.882. The number of hydrogen-bond acceptors (Lipinski definition) is 2. The van der Waals surface area contributed by atoms with Crippen LogP contribution in [0.1, 0.15) is 51.4 Å². The fourth-order valence-electron chi connectivity index (χ4n) is 6.13. The number of carbonyl (C=O) groups excluding carboxylic acids is 1. The molecule has 1 heterocycles. The summed E-state index contributed by atoms with van der Waals surface area (Å²) in [5.74, 6) is 1.74. The quantitative estimate of drug-likeness (QED) is 0.869. The van der Waals surface area contributed by atoms with Crippen LogP contribution in [0.25, 0.3) is 0 Å². The second kappa shape index (κ2) is 4.72. The van der Waals surface area contributed by atoms with E-state index >= 15 is 0 Å². The second-order valence-electron chi connectivity index (χ2n) is 8.26. The minimum atomic E-state index is -0.750. The maximum Gasteiger partial charge on any atom is 0.308 e. The van der Waals surface area contributed by atoms with E-state index in [-0.39, 0.29) is 17.2 Å². The summed E-state index contributed by atoms with van der Waals surface area (Å²) in [5, 5.41) is 9.08. The molecule has 0 aromatic rings. The first-order valence-corrected chi connectivity index (χ1v) is 8.54. The van der Waals surface area contributed by atoms with Gasteiger partial charge in [-0.1, -0.05) is 0 Å². The summed E-state index contributed by atoms with van der Waals surface area (Å²) in [7, 11) is 0. The molecule has 0 aromatic carbocycles. The number of carbonyl (C=O) groups is 2. The van der Waals surface area contributed by atoms with Gasteiger partial charge >= 0.3 is 5.97 Å². The number of carboxylic acid groups (broad SMARTS) is 1. The molecule has 4 heteroatoms. The fourth-order valence-corrected chi connectivity index (χ4v) is 6.13. The predicted octanol–water partition coefficient (Wildman–Crippen LogP) is 2.53. The summed E-state index contributed by atoms with van der Waals surface area (Å²) < 4.78 is 0. The summed E-state index contributed by atoms with van der Waals surface area (Å²) >= 11 is 0. The number of carboxylic acids is 1. The topological polar surface area (TPSA) is 57.6 Å². The van der Waals surface area contributed by atoms with Crippen LogP contribution < -0.4 is 0 Å². The highest BCUT2D eigenvalue weighted by atomic mass is 16.4. The van der Waals surface area contributed by atoms with Crippen molar-refractivity contribution < 1.29 is 14.7 Å². The molecule has 4 saturated carbocycles. The van der Waals surface area contributed by atoms with E-state index in [1.165, 1.54) is 38.5 Å². The van der Waals surface area contributed by atoms with Gasteiger partial charge in [0.1, 0.15) is 0 Å². The third-order valence-electron chi connectivity index (χ3n) is 6.58. The number of nitrogens with zero attached hydrogens (tertiary/aromatic N) is 1. The molecule has 21 heavy (non-hydrogen) atoms. The Hall–Kier alpha value is -1.06. The van der Waals surface area contributed by atoms with E-state index in [0.717, 1.165) is 17.8 Å². The molecule has 4 aliphatic carbocycles. The Bertz CT molecular complexity index is 437. The summed E-state index contributed by atoms with van der Waals surface area (Å²) in [6.45, 7) is 1.07. The van der Waals surface area contributed by atoms with Crippen molar-refractivity contribution in [1.29, 1.82) is 0 Å². The van der Waals surface area contributed by atoms with Gasteiger partial charge in [0.05, 0.1) is 5.92 Å². The van der Waals surface area contributed by atoms with Crippen molar-refractivity contribution >= 4 is 11.9 Å². The average Bonchev–Trinajstić information content (AvgIpc) is 2.85. The predicted molar refractivity (Wildman–Crippen MR) is 77.5 cm³/mol. The standard InChI is InChI=1S/C17H25NO3/c19-15(18-2-1-14(10-18)16(20)21)9-17-6-11-3-12(7-17)5-13(4-11)8-17/h11-14H,1-10H2,(H,20,21). The van der Waals surface area contributed by atoms with Crippen molar-refractivity contribution in [1.82, 2.24) is 4.90 Å². The van der Waals surface area contributed by atoms with E-state index in [4.69, 9.17) is 5.11 Å². The number of aliphatic carboxylic acids is 1. The summed E-state index contributed by atoms with van der Waals surface area (Å²) in [4.78, 5) is 25.5. The van der Waals surface area contributed by atoms with Gasteiger partial charge in [0.15, 0.2) is 0 Å². The minimum absolute atomic E-state index is 0.223. The van der Waals surface area contributed by atoms with Crippen LogP contribution in [0.2, 0.25) is 0 Å². The Balaban J connectivity index is 1.42. The van der Waals surface area contributed by atoms with Crippen LogP contribution >= 0.6 is 0 Å². The molecule has 5 fully saturated rings. The van der Waals surface area contributed by atoms with Gasteiger partial charge in [-0.15, -0.1) is 0 Å². The van der Waals surface area contributed by atoms with E-state index in [9.17, 15) is 9.59 Å². The zero-order valence-corrected chi connectivity index (χ0v) is 12.6. The van der Waals surface area contributed by atoms with Gasteiger partial charge in [0, 0.05) is 19.5 Å². The van der Waals surface area contributed by atoms with Crippen molar-refractivity contribution in [3.63, 3.8) is 0 Å². The highest BCUT2D eigenvalue weighted by Crippen LogP contribution is 2.61. The van der Waals surface area contributed by atoms with E-state index in [1.807, 2.05) is 4.90 Å². The van der Waals surface area contributed by atoms with Crippen LogP contribution in [-0.2, 0) is 9.59 Å². The molecule has 1 amide bonds. The van der Waals surface area contributed by atoms with Crippen LogP contribution in [0, 0.1) is 29.1 Å². The molecule has 1 atom stereocenters. The molecule has 5 aliphatic rings. The van der Waals surface area contributed by atoms with E-state index in [0.29, 0.717) is 25.9 Å². The lowest BCUT2D eigenvalue weighted by molar-refractivity contribution is -0.142. The van der Waals surface area contributed by atoms with Crippen molar-refractivity contribution in [2.45, 2.75) is 51.4 Å². The molecule has 4 nitrogen and oxygen atoms in total. The summed E-state index contributed by atoms with van der Waals surface area (Å²) in [6.07, 6.45) is 9.27. The maximum atomic E-state index is 12.6. The normalized spacial score (nSPS) is 44.3. The van der Waals surface area contributed by atoms with Gasteiger partial charge in [0.25, 0.3) is 0 Å². The van der Waals surface area contributed by atoms with E-state index in [2.05, 4.69) is 0 Å². The smallest absolute Gasteiger partial charge is 0.308 e. The first-order valence-electron chi connectivity index (χ1n) is 8.54. The van der Waals surface area contributed by atoms with Crippen molar-refractivity contribution in [2.24, 2.45) is 29.1 Å². The van der Waals surface area contributed by atoms with Crippen molar-refractivity contribution in [3.05, 3.63) is 0 Å². The second-order valence-corrected chi connectivity index (χ2v) is 8.26. The highest BCUT2D eigenvalue weighted by Gasteiger charge is 2.52. The lowest BCUT2D eigenvalue weighted by Crippen LogP contribution is -2.48. The Morgan fingerprint density at radius 2 is 1.62 bits per heavy atom. The first kappa shape index (κ1) is 13.6. The van der Waals surface area contributed by atoms with Crippen molar-refractivity contribution in [3.8, 4) is 0 Å². The van der Waals surface area contributed by atoms with Gasteiger partial charge in [-0.05, 0) is 68.1 Å². The molecule has 0 spiro atoms. The van der Waals surface area contributed by atoms with Gasteiger partial charge in [-0.25, -0.2) is 0 Å². The average molecular weight is 291 g/mol. The number of likely N-dealkylation sites (tertiary alicyclic amines) is 1. The van der Waals surface area contributed by atoms with Gasteiger partial charge in [0.2, 0.25) is 5.91 Å². The summed E-state index contributed by atoms with van der Waals surface area (Å²) in [5.41, 5.74) is 0.271. The number of amides is 1. The highest BCUT2D eigenvalue weighted by molar-refractivity contribution is 5.79. The molecule has 1 N–H and O–H groups in total. The molecule has 116 valence electrons. The third kappa shape index (κ3) is 2.36. The van der Waals surface area contributed by atoms with Crippen LogP contribution in [0.4, 0.5) is 0 Å². The minimum Gasteiger partial charge on any atom is -0.481 e. The Kier molecular flexibility index (Phi) is 3.05. The molecule has 1 aliphatic heterocycles. The van der Waals surface area contributed by atoms with Gasteiger partial charge in [-0.2, -0.15) is 0 Å². The first-order chi connectivity index (χ1) is 10.0. The van der Waals surface area contributed by atoms with E-state index < -0.39 is 5.97 Å². The monoisotopic (exact) mass is 291 g/mol. The zero-order valence-electron chi connectivity index (χ0n) is 12.6. The lowest BCUT2D eigenvalue weighted by Gasteiger charge is -2.56. The molecule has 1 saturated heterocycles. The molecule has 1 unspecified atom stereocenters. The number of hydrogen-bond donors (Lipinski definition) is 1. The van der Waals surface area contributed by atoms with Gasteiger partial charge in [-0.3, -0.25) is 9.59 Å². The summed E-state index contributed by atoms with van der Waals surface area (Å²) in [6, 6.07) is 0. The molecule has 0 aromatic heterocycles. The zero-order chi connectivity index (χ0) is 14.6. The number of rotatable bonds is 3.